The van der Waals surface area contributed by atoms with Gasteiger partial charge < -0.3 is 14.5 Å². The summed E-state index contributed by atoms with van der Waals surface area (Å²) < 4.78 is 32.1. The number of benzene rings is 1. The van der Waals surface area contributed by atoms with Crippen molar-refractivity contribution in [2.75, 3.05) is 24.5 Å². The summed E-state index contributed by atoms with van der Waals surface area (Å²) in [4.78, 5) is 21.1. The molecule has 32 heavy (non-hydrogen) atoms. The molecular weight excluding hydrogens is 446 g/mol. The average Bonchev–Trinajstić information content (AvgIpc) is 3.29. The second-order valence-corrected chi connectivity index (χ2v) is 12.9. The molecule has 7 nitrogen and oxygen atoms in total. The Balaban J connectivity index is 1.47. The number of aromatic nitrogens is 1. The highest BCUT2D eigenvalue weighted by Gasteiger charge is 2.33. The summed E-state index contributed by atoms with van der Waals surface area (Å²) >= 11 is 1.23. The number of piperidine rings is 1. The van der Waals surface area contributed by atoms with Gasteiger partial charge in [-0.2, -0.15) is 0 Å². The van der Waals surface area contributed by atoms with Crippen LogP contribution < -0.4 is 4.90 Å². The van der Waals surface area contributed by atoms with E-state index >= 15 is 0 Å². The Morgan fingerprint density at radius 2 is 1.84 bits per heavy atom. The number of hydrogen-bond acceptors (Lipinski definition) is 7. The standard InChI is InChI=1S/C23H31N3O4S2/c1-15-21(31-16(2)24-15)32(28,29)19-6-7-20-17(14-19)8-13-26(20)18-9-11-25(12-10-18)22(27)30-23(3,4)5/h6-7,14,18H,8-13H2,1-5H3. The van der Waals surface area contributed by atoms with Crippen molar-refractivity contribution >= 4 is 33.0 Å². The summed E-state index contributed by atoms with van der Waals surface area (Å²) in [5.74, 6) is 0. The molecule has 0 bridgehead atoms. The molecule has 0 radical (unpaired) electrons. The molecule has 1 saturated heterocycles. The number of amides is 1. The number of likely N-dealkylation sites (tertiary alicyclic amines) is 1. The molecule has 9 heteroatoms. The van der Waals surface area contributed by atoms with E-state index in [9.17, 15) is 13.2 Å². The van der Waals surface area contributed by atoms with Crippen molar-refractivity contribution in [3.63, 3.8) is 0 Å². The maximum Gasteiger partial charge on any atom is 0.410 e. The zero-order chi connectivity index (χ0) is 23.3. The zero-order valence-electron chi connectivity index (χ0n) is 19.3. The molecule has 1 aromatic carbocycles. The van der Waals surface area contributed by atoms with Crippen molar-refractivity contribution in [1.29, 1.82) is 0 Å². The van der Waals surface area contributed by atoms with Gasteiger partial charge in [0.05, 0.1) is 15.6 Å². The first-order valence-corrected chi connectivity index (χ1v) is 13.3. The fraction of sp³-hybridized carbons (Fsp3) is 0.565. The van der Waals surface area contributed by atoms with Crippen LogP contribution in [-0.2, 0) is 21.0 Å². The summed E-state index contributed by atoms with van der Waals surface area (Å²) in [6, 6.07) is 5.83. The third-order valence-electron chi connectivity index (χ3n) is 5.95. The van der Waals surface area contributed by atoms with Gasteiger partial charge in [0.2, 0.25) is 9.84 Å². The molecule has 2 aliphatic rings. The quantitative estimate of drug-likeness (QED) is 0.654. The normalized spacial score (nSPS) is 17.5. The van der Waals surface area contributed by atoms with Crippen molar-refractivity contribution in [3.05, 3.63) is 34.5 Å². The van der Waals surface area contributed by atoms with Crippen LogP contribution in [0.2, 0.25) is 0 Å². The van der Waals surface area contributed by atoms with Crippen molar-refractivity contribution < 1.29 is 17.9 Å². The van der Waals surface area contributed by atoms with Crippen LogP contribution in [0.4, 0.5) is 10.5 Å². The largest absolute Gasteiger partial charge is 0.444 e. The van der Waals surface area contributed by atoms with E-state index in [0.29, 0.717) is 33.9 Å². The first-order valence-electron chi connectivity index (χ1n) is 11.0. The molecule has 0 spiro atoms. The molecule has 1 aromatic heterocycles. The number of ether oxygens (including phenoxy) is 1. The molecule has 2 aliphatic heterocycles. The monoisotopic (exact) mass is 477 g/mol. The number of sulfone groups is 1. The number of fused-ring (bicyclic) bond motifs is 1. The van der Waals surface area contributed by atoms with E-state index in [0.717, 1.165) is 42.1 Å². The lowest BCUT2D eigenvalue weighted by Gasteiger charge is -2.38. The highest BCUT2D eigenvalue weighted by atomic mass is 32.2. The molecule has 2 aromatic rings. The fourth-order valence-electron chi connectivity index (χ4n) is 4.51. The Hall–Kier alpha value is -2.13. The number of carbonyl (C=O) groups is 1. The van der Waals surface area contributed by atoms with Crippen LogP contribution in [0.15, 0.2) is 27.3 Å². The van der Waals surface area contributed by atoms with Crippen LogP contribution in [0.3, 0.4) is 0 Å². The molecule has 0 saturated carbocycles. The fourth-order valence-corrected chi connectivity index (χ4v) is 7.43. The van der Waals surface area contributed by atoms with Gasteiger partial charge in [0.25, 0.3) is 0 Å². The maximum absolute atomic E-state index is 13.2. The average molecular weight is 478 g/mol. The number of nitrogens with zero attached hydrogens (tertiary/aromatic N) is 3. The van der Waals surface area contributed by atoms with Crippen molar-refractivity contribution in [1.82, 2.24) is 9.88 Å². The van der Waals surface area contributed by atoms with Crippen molar-refractivity contribution in [2.24, 2.45) is 0 Å². The highest BCUT2D eigenvalue weighted by Crippen LogP contribution is 2.37. The number of anilines is 1. The Bertz CT molecular complexity index is 1130. The number of aryl methyl sites for hydroxylation is 2. The predicted molar refractivity (Wildman–Crippen MR) is 125 cm³/mol. The lowest BCUT2D eigenvalue weighted by molar-refractivity contribution is 0.0205. The Labute approximate surface area is 194 Å². The summed E-state index contributed by atoms with van der Waals surface area (Å²) in [5, 5.41) is 0.756. The minimum Gasteiger partial charge on any atom is -0.444 e. The topological polar surface area (TPSA) is 79.8 Å². The first-order chi connectivity index (χ1) is 15.0. The van der Waals surface area contributed by atoms with Crippen LogP contribution in [0.5, 0.6) is 0 Å². The van der Waals surface area contributed by atoms with Gasteiger partial charge in [-0.15, -0.1) is 11.3 Å². The summed E-state index contributed by atoms with van der Waals surface area (Å²) in [6.07, 6.45) is 2.32. The lowest BCUT2D eigenvalue weighted by Crippen LogP contribution is -2.47. The number of thiazole rings is 1. The molecule has 1 fully saturated rings. The minimum absolute atomic E-state index is 0.249. The van der Waals surface area contributed by atoms with Crippen LogP contribution in [0, 0.1) is 13.8 Å². The molecule has 0 aliphatic carbocycles. The molecule has 1 amide bonds. The number of hydrogen-bond donors (Lipinski definition) is 0. The molecular formula is C23H31N3O4S2. The summed E-state index contributed by atoms with van der Waals surface area (Å²) in [5.41, 5.74) is 2.25. The smallest absolute Gasteiger partial charge is 0.410 e. The predicted octanol–water partition coefficient (Wildman–Crippen LogP) is 4.35. The third kappa shape index (κ3) is 4.50. The van der Waals surface area contributed by atoms with Gasteiger partial charge >= 0.3 is 6.09 Å². The van der Waals surface area contributed by atoms with Gasteiger partial charge in [0.1, 0.15) is 9.81 Å². The minimum atomic E-state index is -3.57. The Kier molecular flexibility index (Phi) is 6.00. The van der Waals surface area contributed by atoms with Crippen LogP contribution in [0.1, 0.15) is 49.9 Å². The second-order valence-electron chi connectivity index (χ2n) is 9.54. The first kappa shape index (κ1) is 23.0. The van der Waals surface area contributed by atoms with Crippen LogP contribution in [-0.4, -0.2) is 55.7 Å². The number of rotatable bonds is 3. The van der Waals surface area contributed by atoms with E-state index in [1.165, 1.54) is 11.3 Å². The van der Waals surface area contributed by atoms with E-state index in [1.54, 1.807) is 17.9 Å². The van der Waals surface area contributed by atoms with Crippen LogP contribution >= 0.6 is 11.3 Å². The van der Waals surface area contributed by atoms with Crippen molar-refractivity contribution in [3.8, 4) is 0 Å². The number of carbonyl (C=O) groups excluding carboxylic acids is 1. The Morgan fingerprint density at radius 3 is 2.44 bits per heavy atom. The molecule has 4 rings (SSSR count). The van der Waals surface area contributed by atoms with E-state index < -0.39 is 15.4 Å². The van der Waals surface area contributed by atoms with E-state index in [2.05, 4.69) is 9.88 Å². The van der Waals surface area contributed by atoms with Gasteiger partial charge in [0.15, 0.2) is 0 Å². The highest BCUT2D eigenvalue weighted by molar-refractivity contribution is 7.93. The molecule has 0 atom stereocenters. The van der Waals surface area contributed by atoms with E-state index in [1.807, 2.05) is 39.8 Å². The van der Waals surface area contributed by atoms with Gasteiger partial charge in [-0.25, -0.2) is 18.2 Å². The second kappa shape index (κ2) is 8.33. The van der Waals surface area contributed by atoms with Gasteiger partial charge in [-0.1, -0.05) is 0 Å². The summed E-state index contributed by atoms with van der Waals surface area (Å²) in [6.45, 7) is 11.4. The molecule has 0 N–H and O–H groups in total. The molecule has 3 heterocycles. The van der Waals surface area contributed by atoms with E-state index in [-0.39, 0.29) is 6.09 Å². The zero-order valence-corrected chi connectivity index (χ0v) is 21.0. The lowest BCUT2D eigenvalue weighted by atomic mass is 10.0. The van der Waals surface area contributed by atoms with Crippen molar-refractivity contribution in [2.45, 2.75) is 74.6 Å². The van der Waals surface area contributed by atoms with E-state index in [4.69, 9.17) is 4.74 Å². The SMILES string of the molecule is Cc1nc(C)c(S(=O)(=O)c2ccc3c(c2)CCN3C2CCN(C(=O)OC(C)(C)C)CC2)s1. The summed E-state index contributed by atoms with van der Waals surface area (Å²) in [7, 11) is -3.57. The van der Waals surface area contributed by atoms with Crippen LogP contribution in [0.25, 0.3) is 0 Å². The van der Waals surface area contributed by atoms with Gasteiger partial charge in [-0.05, 0) is 77.6 Å². The van der Waals surface area contributed by atoms with Gasteiger partial charge in [-0.3, -0.25) is 0 Å². The molecule has 0 unspecified atom stereocenters. The maximum atomic E-state index is 13.2. The Morgan fingerprint density at radius 1 is 1.16 bits per heavy atom. The molecule has 174 valence electrons. The van der Waals surface area contributed by atoms with Gasteiger partial charge in [0, 0.05) is 31.4 Å². The third-order valence-corrected chi connectivity index (χ3v) is 9.39.